The number of anilines is 1. The average Bonchev–Trinajstić information content (AvgIpc) is 3.27. The van der Waals surface area contributed by atoms with Gasteiger partial charge in [0.2, 0.25) is 5.95 Å². The summed E-state index contributed by atoms with van der Waals surface area (Å²) in [6, 6.07) is 13.4. The zero-order valence-corrected chi connectivity index (χ0v) is 16.9. The van der Waals surface area contributed by atoms with E-state index in [-0.39, 0.29) is 0 Å². The molecule has 0 bridgehead atoms. The number of hydrogen-bond acceptors (Lipinski definition) is 7. The van der Waals surface area contributed by atoms with Crippen LogP contribution in [0.5, 0.6) is 5.75 Å². The van der Waals surface area contributed by atoms with Gasteiger partial charge in [0.25, 0.3) is 0 Å². The molecule has 1 aromatic carbocycles. The van der Waals surface area contributed by atoms with Crippen LogP contribution in [0.4, 0.5) is 5.95 Å². The summed E-state index contributed by atoms with van der Waals surface area (Å²) in [5, 5.41) is 0. The minimum Gasteiger partial charge on any atom is -0.497 e. The number of nitrogens with zero attached hydrogens (tertiary/aromatic N) is 6. The first-order valence-electron chi connectivity index (χ1n) is 9.78. The third-order valence-electron chi connectivity index (χ3n) is 4.96. The Labute approximate surface area is 179 Å². The molecule has 0 aliphatic carbocycles. The van der Waals surface area contributed by atoms with Gasteiger partial charge in [0.05, 0.1) is 7.11 Å². The monoisotopic (exact) mass is 406 g/mol. The molecule has 0 unspecified atom stereocenters. The lowest BCUT2D eigenvalue weighted by Gasteiger charge is -2.15. The molecule has 1 aliphatic heterocycles. The van der Waals surface area contributed by atoms with E-state index in [0.29, 0.717) is 23.2 Å². The molecule has 31 heavy (non-hydrogen) atoms. The van der Waals surface area contributed by atoms with Gasteiger partial charge in [0.1, 0.15) is 17.1 Å². The van der Waals surface area contributed by atoms with Crippen LogP contribution in [0.2, 0.25) is 0 Å². The van der Waals surface area contributed by atoms with E-state index in [4.69, 9.17) is 9.72 Å². The molecule has 150 valence electrons. The first-order valence-corrected chi connectivity index (χ1v) is 9.78. The molecular weight excluding hydrogens is 388 g/mol. The summed E-state index contributed by atoms with van der Waals surface area (Å²) in [5.74, 6) is 8.17. The van der Waals surface area contributed by atoms with Crippen molar-refractivity contribution in [3.63, 3.8) is 0 Å². The van der Waals surface area contributed by atoms with E-state index in [1.54, 1.807) is 38.0 Å². The van der Waals surface area contributed by atoms with E-state index >= 15 is 0 Å². The SMILES string of the molecule is COc1ccc2c(c1)CN(c1nccc(-c3nccc(C#Cc4ccncc4)n3)n1)C2. The van der Waals surface area contributed by atoms with Gasteiger partial charge in [-0.3, -0.25) is 4.98 Å². The standard InChI is InChI=1S/C24H18N6O/c1-31-21-5-3-18-15-30(16-19(18)14-21)24-27-13-9-22(29-24)23-26-12-8-20(28-23)4-2-17-6-10-25-11-7-17/h3,5-14H,15-16H2,1H3. The highest BCUT2D eigenvalue weighted by Crippen LogP contribution is 2.29. The van der Waals surface area contributed by atoms with E-state index in [9.17, 15) is 0 Å². The second-order valence-electron chi connectivity index (χ2n) is 6.98. The number of aromatic nitrogens is 5. The van der Waals surface area contributed by atoms with Crippen molar-refractivity contribution in [3.05, 3.63) is 89.6 Å². The van der Waals surface area contributed by atoms with Crippen molar-refractivity contribution in [1.82, 2.24) is 24.9 Å². The molecule has 0 spiro atoms. The molecule has 0 atom stereocenters. The highest BCUT2D eigenvalue weighted by atomic mass is 16.5. The third kappa shape index (κ3) is 4.05. The van der Waals surface area contributed by atoms with Crippen molar-refractivity contribution in [2.45, 2.75) is 13.1 Å². The maximum absolute atomic E-state index is 5.34. The maximum Gasteiger partial charge on any atom is 0.226 e. The number of rotatable bonds is 3. The molecule has 0 fully saturated rings. The summed E-state index contributed by atoms with van der Waals surface area (Å²) in [4.78, 5) is 24.2. The van der Waals surface area contributed by atoms with E-state index in [0.717, 1.165) is 24.4 Å². The molecular formula is C24H18N6O. The average molecular weight is 406 g/mol. The normalized spacial score (nSPS) is 12.1. The smallest absolute Gasteiger partial charge is 0.226 e. The van der Waals surface area contributed by atoms with Crippen molar-refractivity contribution in [2.75, 3.05) is 12.0 Å². The van der Waals surface area contributed by atoms with Crippen molar-refractivity contribution in [3.8, 4) is 29.1 Å². The van der Waals surface area contributed by atoms with E-state index < -0.39 is 0 Å². The van der Waals surface area contributed by atoms with Crippen LogP contribution in [0.3, 0.4) is 0 Å². The van der Waals surface area contributed by atoms with Crippen LogP contribution in [0.25, 0.3) is 11.5 Å². The Hall–Kier alpha value is -4.31. The van der Waals surface area contributed by atoms with E-state index in [1.807, 2.05) is 24.3 Å². The number of benzene rings is 1. The van der Waals surface area contributed by atoms with Gasteiger partial charge in [0.15, 0.2) is 5.82 Å². The summed E-state index contributed by atoms with van der Waals surface area (Å²) in [7, 11) is 1.68. The topological polar surface area (TPSA) is 76.9 Å². The van der Waals surface area contributed by atoms with Crippen LogP contribution in [0, 0.1) is 11.8 Å². The van der Waals surface area contributed by atoms with Gasteiger partial charge >= 0.3 is 0 Å². The van der Waals surface area contributed by atoms with Gasteiger partial charge in [-0.25, -0.2) is 19.9 Å². The highest BCUT2D eigenvalue weighted by Gasteiger charge is 2.22. The van der Waals surface area contributed by atoms with E-state index in [2.05, 4.69) is 48.8 Å². The lowest BCUT2D eigenvalue weighted by molar-refractivity contribution is 0.414. The molecule has 0 radical (unpaired) electrons. The summed E-state index contributed by atoms with van der Waals surface area (Å²) < 4.78 is 5.34. The van der Waals surface area contributed by atoms with Crippen LogP contribution >= 0.6 is 0 Å². The third-order valence-corrected chi connectivity index (χ3v) is 4.96. The summed E-state index contributed by atoms with van der Waals surface area (Å²) >= 11 is 0. The second kappa shape index (κ2) is 8.20. The molecule has 7 heteroatoms. The molecule has 3 aromatic heterocycles. The molecule has 1 aliphatic rings. The van der Waals surface area contributed by atoms with Gasteiger partial charge in [-0.05, 0) is 53.4 Å². The van der Waals surface area contributed by atoms with Gasteiger partial charge in [0, 0.05) is 43.4 Å². The van der Waals surface area contributed by atoms with Crippen LogP contribution < -0.4 is 9.64 Å². The highest BCUT2D eigenvalue weighted by molar-refractivity contribution is 5.54. The Morgan fingerprint density at radius 2 is 1.68 bits per heavy atom. The predicted molar refractivity (Wildman–Crippen MR) is 116 cm³/mol. The van der Waals surface area contributed by atoms with Crippen molar-refractivity contribution >= 4 is 5.95 Å². The summed E-state index contributed by atoms with van der Waals surface area (Å²) in [6.45, 7) is 1.48. The van der Waals surface area contributed by atoms with Gasteiger partial charge < -0.3 is 9.64 Å². The number of hydrogen-bond donors (Lipinski definition) is 0. The van der Waals surface area contributed by atoms with Crippen molar-refractivity contribution in [1.29, 1.82) is 0 Å². The Morgan fingerprint density at radius 3 is 2.55 bits per heavy atom. The molecule has 0 saturated carbocycles. The lowest BCUT2D eigenvalue weighted by Crippen LogP contribution is -2.17. The zero-order valence-electron chi connectivity index (χ0n) is 16.9. The minimum absolute atomic E-state index is 0.517. The minimum atomic E-state index is 0.517. The van der Waals surface area contributed by atoms with Crippen molar-refractivity contribution in [2.24, 2.45) is 0 Å². The van der Waals surface area contributed by atoms with Gasteiger partial charge in [-0.2, -0.15) is 0 Å². The van der Waals surface area contributed by atoms with Crippen LogP contribution in [-0.2, 0) is 13.1 Å². The van der Waals surface area contributed by atoms with Crippen molar-refractivity contribution < 1.29 is 4.74 Å². The van der Waals surface area contributed by atoms with Crippen LogP contribution in [0.15, 0.2) is 67.3 Å². The summed E-state index contributed by atoms with van der Waals surface area (Å²) in [6.07, 6.45) is 6.85. The Kier molecular flexibility index (Phi) is 4.95. The number of fused-ring (bicyclic) bond motifs is 1. The summed E-state index contributed by atoms with van der Waals surface area (Å²) in [5.41, 5.74) is 4.64. The molecule has 5 rings (SSSR count). The van der Waals surface area contributed by atoms with Crippen LogP contribution in [-0.4, -0.2) is 32.0 Å². The number of methoxy groups -OCH3 is 1. The van der Waals surface area contributed by atoms with Gasteiger partial charge in [-0.15, -0.1) is 0 Å². The fourth-order valence-electron chi connectivity index (χ4n) is 3.39. The first kappa shape index (κ1) is 18.7. The Morgan fingerprint density at radius 1 is 0.839 bits per heavy atom. The van der Waals surface area contributed by atoms with E-state index in [1.165, 1.54) is 11.1 Å². The second-order valence-corrected chi connectivity index (χ2v) is 6.98. The lowest BCUT2D eigenvalue weighted by atomic mass is 10.1. The quantitative estimate of drug-likeness (QED) is 0.483. The molecule has 7 nitrogen and oxygen atoms in total. The molecule has 4 aromatic rings. The Balaban J connectivity index is 1.39. The maximum atomic E-state index is 5.34. The van der Waals surface area contributed by atoms with Crippen LogP contribution in [0.1, 0.15) is 22.4 Å². The number of ether oxygens (including phenoxy) is 1. The molecule has 0 N–H and O–H groups in total. The first-order chi connectivity index (χ1) is 15.3. The number of pyridine rings is 1. The Bertz CT molecular complexity index is 1300. The largest absolute Gasteiger partial charge is 0.497 e. The fourth-order valence-corrected chi connectivity index (χ4v) is 3.39. The fraction of sp³-hybridized carbons (Fsp3) is 0.125. The zero-order chi connectivity index (χ0) is 21.0. The van der Waals surface area contributed by atoms with Gasteiger partial charge in [-0.1, -0.05) is 12.0 Å². The molecule has 0 saturated heterocycles. The predicted octanol–water partition coefficient (Wildman–Crippen LogP) is 3.26. The molecule has 4 heterocycles. The molecule has 0 amide bonds.